The van der Waals surface area contributed by atoms with E-state index >= 15 is 0 Å². The lowest BCUT2D eigenvalue weighted by atomic mass is 10.2. The van der Waals surface area contributed by atoms with Gasteiger partial charge < -0.3 is 10.2 Å². The first-order valence-electron chi connectivity index (χ1n) is 4.82. The van der Waals surface area contributed by atoms with Crippen molar-refractivity contribution in [3.63, 3.8) is 0 Å². The molecule has 1 aromatic rings. The summed E-state index contributed by atoms with van der Waals surface area (Å²) in [7, 11) is 0. The Kier molecular flexibility index (Phi) is 3.18. The van der Waals surface area contributed by atoms with Gasteiger partial charge >= 0.3 is 0 Å². The van der Waals surface area contributed by atoms with Crippen molar-refractivity contribution in [3.8, 4) is 0 Å². The van der Waals surface area contributed by atoms with Gasteiger partial charge in [-0.2, -0.15) is 0 Å². The van der Waals surface area contributed by atoms with E-state index in [1.165, 1.54) is 6.26 Å². The van der Waals surface area contributed by atoms with Gasteiger partial charge in [-0.15, -0.1) is 0 Å². The second-order valence-corrected chi connectivity index (χ2v) is 3.17. The Morgan fingerprint density at radius 2 is 2.25 bits per heavy atom. The molecule has 0 spiro atoms. The van der Waals surface area contributed by atoms with Gasteiger partial charge in [0.25, 0.3) is 5.91 Å². The molecule has 0 saturated heterocycles. The fourth-order valence-electron chi connectivity index (χ4n) is 1.21. The normalized spacial score (nSPS) is 13.4. The number of carbonyl (C=O) groups excluding carboxylic acids is 1. The summed E-state index contributed by atoms with van der Waals surface area (Å²) in [5.41, 5.74) is 3.89. The van der Waals surface area contributed by atoms with Gasteiger partial charge in [0.2, 0.25) is 0 Å². The van der Waals surface area contributed by atoms with Crippen LogP contribution in [0, 0.1) is 0 Å². The maximum atomic E-state index is 11.6. The molecule has 1 aliphatic rings. The van der Waals surface area contributed by atoms with Gasteiger partial charge in [0.1, 0.15) is 12.0 Å². The van der Waals surface area contributed by atoms with Gasteiger partial charge in [0, 0.05) is 18.9 Å². The second kappa shape index (κ2) is 4.97. The summed E-state index contributed by atoms with van der Waals surface area (Å²) in [6.07, 6.45) is 8.12. The minimum absolute atomic E-state index is 0.207. The fourth-order valence-corrected chi connectivity index (χ4v) is 1.21. The standard InChI is InChI=1S/C11H11N3O2/c15-11(10-2-1-7-16-14-10)13-8-9-3-5-12-6-4-9/h1-7,14H,8H2,(H,13,15). The van der Waals surface area contributed by atoms with E-state index in [1.807, 2.05) is 12.1 Å². The van der Waals surface area contributed by atoms with E-state index in [4.69, 9.17) is 4.84 Å². The molecule has 0 unspecified atom stereocenters. The summed E-state index contributed by atoms with van der Waals surface area (Å²) < 4.78 is 0. The molecule has 0 aliphatic carbocycles. The highest BCUT2D eigenvalue weighted by Gasteiger charge is 2.09. The summed E-state index contributed by atoms with van der Waals surface area (Å²) >= 11 is 0. The van der Waals surface area contributed by atoms with Gasteiger partial charge in [-0.05, 0) is 29.8 Å². The molecule has 2 rings (SSSR count). The number of allylic oxidation sites excluding steroid dienone is 2. The SMILES string of the molecule is O=C(NCc1ccncc1)C1=CC=CON1. The van der Waals surface area contributed by atoms with E-state index < -0.39 is 0 Å². The lowest BCUT2D eigenvalue weighted by Gasteiger charge is -2.11. The van der Waals surface area contributed by atoms with Crippen LogP contribution >= 0.6 is 0 Å². The predicted octanol–water partition coefficient (Wildman–Crippen LogP) is 0.630. The number of aromatic nitrogens is 1. The average molecular weight is 217 g/mol. The molecule has 2 heterocycles. The Bertz CT molecular complexity index is 426. The molecule has 1 amide bonds. The molecule has 16 heavy (non-hydrogen) atoms. The maximum absolute atomic E-state index is 11.6. The minimum Gasteiger partial charge on any atom is -0.390 e. The van der Waals surface area contributed by atoms with Gasteiger partial charge in [-0.25, -0.2) is 5.48 Å². The fraction of sp³-hybridized carbons (Fsp3) is 0.0909. The van der Waals surface area contributed by atoms with Crippen molar-refractivity contribution in [2.24, 2.45) is 0 Å². The van der Waals surface area contributed by atoms with Crippen molar-refractivity contribution in [1.82, 2.24) is 15.8 Å². The van der Waals surface area contributed by atoms with Crippen LogP contribution in [0.15, 0.2) is 48.6 Å². The first-order chi connectivity index (χ1) is 7.86. The average Bonchev–Trinajstić information content (AvgIpc) is 2.38. The number of nitrogens with zero attached hydrogens (tertiary/aromatic N) is 1. The van der Waals surface area contributed by atoms with Crippen LogP contribution in [0.3, 0.4) is 0 Å². The number of pyridine rings is 1. The number of amides is 1. The number of carbonyl (C=O) groups is 1. The van der Waals surface area contributed by atoms with Gasteiger partial charge in [0.05, 0.1) is 0 Å². The summed E-state index contributed by atoms with van der Waals surface area (Å²) in [5, 5.41) is 2.76. The van der Waals surface area contributed by atoms with Crippen LogP contribution in [-0.4, -0.2) is 10.9 Å². The molecular formula is C11H11N3O2. The molecule has 5 nitrogen and oxygen atoms in total. The number of hydroxylamine groups is 1. The molecular weight excluding hydrogens is 206 g/mol. The molecule has 0 fully saturated rings. The topological polar surface area (TPSA) is 63.2 Å². The van der Waals surface area contributed by atoms with Gasteiger partial charge in [-0.1, -0.05) is 0 Å². The Labute approximate surface area is 92.8 Å². The number of hydrogen-bond acceptors (Lipinski definition) is 4. The van der Waals surface area contributed by atoms with Gasteiger partial charge in [0.15, 0.2) is 0 Å². The van der Waals surface area contributed by atoms with Crippen LogP contribution in [0.4, 0.5) is 0 Å². The minimum atomic E-state index is -0.207. The van der Waals surface area contributed by atoms with E-state index in [1.54, 1.807) is 24.5 Å². The zero-order valence-electron chi connectivity index (χ0n) is 8.51. The number of rotatable bonds is 3. The van der Waals surface area contributed by atoms with E-state index in [0.717, 1.165) is 5.56 Å². The molecule has 0 aromatic carbocycles. The van der Waals surface area contributed by atoms with Crippen LogP contribution in [0.1, 0.15) is 5.56 Å². The Hall–Kier alpha value is -2.30. The van der Waals surface area contributed by atoms with Crippen molar-refractivity contribution in [2.45, 2.75) is 6.54 Å². The third kappa shape index (κ3) is 2.60. The molecule has 5 heteroatoms. The van der Waals surface area contributed by atoms with E-state index in [0.29, 0.717) is 12.2 Å². The summed E-state index contributed by atoms with van der Waals surface area (Å²) in [4.78, 5) is 20.3. The van der Waals surface area contributed by atoms with Crippen molar-refractivity contribution >= 4 is 5.91 Å². The van der Waals surface area contributed by atoms with Crippen LogP contribution in [0.5, 0.6) is 0 Å². The maximum Gasteiger partial charge on any atom is 0.270 e. The molecule has 0 bridgehead atoms. The summed E-state index contributed by atoms with van der Waals surface area (Å²) in [5.74, 6) is -0.207. The highest BCUT2D eigenvalue weighted by molar-refractivity contribution is 5.92. The van der Waals surface area contributed by atoms with Crippen LogP contribution in [0.25, 0.3) is 0 Å². The quantitative estimate of drug-likeness (QED) is 0.779. The Morgan fingerprint density at radius 3 is 2.94 bits per heavy atom. The Morgan fingerprint density at radius 1 is 1.44 bits per heavy atom. The highest BCUT2D eigenvalue weighted by Crippen LogP contribution is 1.99. The van der Waals surface area contributed by atoms with Crippen molar-refractivity contribution < 1.29 is 9.63 Å². The lowest BCUT2D eigenvalue weighted by Crippen LogP contribution is -2.31. The Balaban J connectivity index is 1.89. The predicted molar refractivity (Wildman–Crippen MR) is 57.5 cm³/mol. The highest BCUT2D eigenvalue weighted by atomic mass is 16.6. The van der Waals surface area contributed by atoms with Crippen LogP contribution in [-0.2, 0) is 16.2 Å². The number of nitrogens with one attached hydrogen (secondary N) is 2. The second-order valence-electron chi connectivity index (χ2n) is 3.17. The molecule has 1 aromatic heterocycles. The van der Waals surface area contributed by atoms with Crippen molar-refractivity contribution in [1.29, 1.82) is 0 Å². The molecule has 0 radical (unpaired) electrons. The summed E-state index contributed by atoms with van der Waals surface area (Å²) in [6.45, 7) is 0.462. The molecule has 82 valence electrons. The van der Waals surface area contributed by atoms with Gasteiger partial charge in [-0.3, -0.25) is 9.78 Å². The van der Waals surface area contributed by atoms with Crippen molar-refractivity contribution in [3.05, 3.63) is 54.2 Å². The third-order valence-electron chi connectivity index (χ3n) is 2.03. The smallest absolute Gasteiger partial charge is 0.270 e. The van der Waals surface area contributed by atoms with Crippen molar-refractivity contribution in [2.75, 3.05) is 0 Å². The summed E-state index contributed by atoms with van der Waals surface area (Å²) in [6, 6.07) is 3.69. The van der Waals surface area contributed by atoms with E-state index in [2.05, 4.69) is 15.8 Å². The zero-order chi connectivity index (χ0) is 11.2. The largest absolute Gasteiger partial charge is 0.390 e. The first kappa shape index (κ1) is 10.2. The van der Waals surface area contributed by atoms with Crippen LogP contribution < -0.4 is 10.8 Å². The lowest BCUT2D eigenvalue weighted by molar-refractivity contribution is -0.119. The third-order valence-corrected chi connectivity index (χ3v) is 2.03. The molecule has 1 aliphatic heterocycles. The molecule has 0 atom stereocenters. The zero-order valence-corrected chi connectivity index (χ0v) is 8.51. The van der Waals surface area contributed by atoms with E-state index in [-0.39, 0.29) is 5.91 Å². The van der Waals surface area contributed by atoms with Crippen LogP contribution in [0.2, 0.25) is 0 Å². The number of hydrogen-bond donors (Lipinski definition) is 2. The van der Waals surface area contributed by atoms with E-state index in [9.17, 15) is 4.79 Å². The first-order valence-corrected chi connectivity index (χ1v) is 4.82. The molecule has 0 saturated carbocycles. The molecule has 2 N–H and O–H groups in total. The monoisotopic (exact) mass is 217 g/mol.